The normalized spacial score (nSPS) is 25.6. The van der Waals surface area contributed by atoms with Gasteiger partial charge in [0.25, 0.3) is 0 Å². The smallest absolute Gasteiger partial charge is 0.108 e. The molecule has 0 amide bonds. The Morgan fingerprint density at radius 1 is 1.36 bits per heavy atom. The van der Waals surface area contributed by atoms with Crippen molar-refractivity contribution in [1.29, 1.82) is 5.26 Å². The van der Waals surface area contributed by atoms with Gasteiger partial charge in [-0.05, 0) is 18.9 Å². The summed E-state index contributed by atoms with van der Waals surface area (Å²) in [6.45, 7) is 1.99. The van der Waals surface area contributed by atoms with Crippen LogP contribution in [0.2, 0.25) is 0 Å². The van der Waals surface area contributed by atoms with Crippen LogP contribution in [0, 0.1) is 11.3 Å². The molecule has 0 aliphatic carbocycles. The zero-order valence-corrected chi connectivity index (χ0v) is 8.84. The highest BCUT2D eigenvalue weighted by Crippen LogP contribution is 2.46. The molecular formula is C12H11NS. The maximum absolute atomic E-state index is 8.99. The largest absolute Gasteiger partial charge is 0.197 e. The van der Waals surface area contributed by atoms with E-state index in [1.807, 2.05) is 25.1 Å². The molecule has 0 N–H and O–H groups in total. The van der Waals surface area contributed by atoms with E-state index in [2.05, 4.69) is 24.3 Å². The molecule has 0 spiro atoms. The molecule has 0 aromatic heterocycles. The molecule has 1 unspecified atom stereocenters. The van der Waals surface area contributed by atoms with Crippen LogP contribution in [0.4, 0.5) is 0 Å². The lowest BCUT2D eigenvalue weighted by Crippen LogP contribution is -2.11. The van der Waals surface area contributed by atoms with E-state index in [9.17, 15) is 0 Å². The highest BCUT2D eigenvalue weighted by molar-refractivity contribution is 8.10. The first-order valence-electron chi connectivity index (χ1n) is 4.59. The van der Waals surface area contributed by atoms with E-state index in [-0.39, 0.29) is 4.75 Å². The maximum Gasteiger partial charge on any atom is 0.108 e. The summed E-state index contributed by atoms with van der Waals surface area (Å²) < 4.78 is -0.259. The molecule has 0 bridgehead atoms. The number of thioether (sulfide) groups is 1. The molecule has 0 saturated heterocycles. The molecule has 14 heavy (non-hydrogen) atoms. The molecule has 70 valence electrons. The van der Waals surface area contributed by atoms with Crippen molar-refractivity contribution in [3.8, 4) is 6.07 Å². The maximum atomic E-state index is 8.99. The van der Waals surface area contributed by atoms with Gasteiger partial charge in [-0.1, -0.05) is 36.4 Å². The molecule has 1 aromatic carbocycles. The Morgan fingerprint density at radius 3 is 2.64 bits per heavy atom. The quantitative estimate of drug-likeness (QED) is 0.695. The highest BCUT2D eigenvalue weighted by Gasteiger charge is 2.30. The third-order valence-electron chi connectivity index (χ3n) is 2.31. The molecule has 1 aliphatic heterocycles. The van der Waals surface area contributed by atoms with Gasteiger partial charge in [0, 0.05) is 4.91 Å². The first-order chi connectivity index (χ1) is 6.73. The van der Waals surface area contributed by atoms with Crippen molar-refractivity contribution in [3.05, 3.63) is 42.0 Å². The van der Waals surface area contributed by atoms with Crippen molar-refractivity contribution < 1.29 is 0 Å². The highest BCUT2D eigenvalue weighted by atomic mass is 32.2. The van der Waals surface area contributed by atoms with Crippen LogP contribution in [0.15, 0.2) is 36.4 Å². The van der Waals surface area contributed by atoms with Crippen LogP contribution in [-0.4, -0.2) is 4.75 Å². The minimum absolute atomic E-state index is 0.259. The summed E-state index contributed by atoms with van der Waals surface area (Å²) in [7, 11) is 0. The summed E-state index contributed by atoms with van der Waals surface area (Å²) in [5.74, 6) is 0. The summed E-state index contributed by atoms with van der Waals surface area (Å²) in [5, 5.41) is 8.99. The van der Waals surface area contributed by atoms with Crippen LogP contribution in [0.3, 0.4) is 0 Å². The lowest BCUT2D eigenvalue weighted by molar-refractivity contribution is 0.837. The van der Waals surface area contributed by atoms with E-state index in [1.165, 1.54) is 10.5 Å². The van der Waals surface area contributed by atoms with Gasteiger partial charge in [0.1, 0.15) is 4.75 Å². The van der Waals surface area contributed by atoms with Crippen molar-refractivity contribution in [2.45, 2.75) is 18.1 Å². The average Bonchev–Trinajstić information content (AvgIpc) is 2.63. The Kier molecular flexibility index (Phi) is 2.35. The van der Waals surface area contributed by atoms with Gasteiger partial charge in [0.2, 0.25) is 0 Å². The van der Waals surface area contributed by atoms with Crippen LogP contribution in [-0.2, 0) is 0 Å². The number of nitrogens with zero attached hydrogens (tertiary/aromatic N) is 1. The van der Waals surface area contributed by atoms with Crippen molar-refractivity contribution in [1.82, 2.24) is 0 Å². The van der Waals surface area contributed by atoms with Gasteiger partial charge in [-0.3, -0.25) is 0 Å². The number of nitriles is 1. The van der Waals surface area contributed by atoms with E-state index >= 15 is 0 Å². The molecule has 2 rings (SSSR count). The second-order valence-corrected chi connectivity index (χ2v) is 5.13. The second kappa shape index (κ2) is 3.51. The Bertz CT molecular complexity index is 402. The number of benzene rings is 1. The molecule has 0 saturated carbocycles. The van der Waals surface area contributed by atoms with Crippen LogP contribution in [0.1, 0.15) is 18.9 Å². The molecule has 0 fully saturated rings. The first-order valence-corrected chi connectivity index (χ1v) is 5.41. The van der Waals surface area contributed by atoms with Gasteiger partial charge in [-0.2, -0.15) is 5.26 Å². The fourth-order valence-electron chi connectivity index (χ4n) is 1.46. The molecule has 1 aromatic rings. The molecule has 1 nitrogen and oxygen atoms in total. The van der Waals surface area contributed by atoms with Crippen molar-refractivity contribution >= 4 is 16.7 Å². The van der Waals surface area contributed by atoms with Gasteiger partial charge >= 0.3 is 0 Å². The Morgan fingerprint density at radius 2 is 2.07 bits per heavy atom. The third-order valence-corrected chi connectivity index (χ3v) is 3.64. The molecular weight excluding hydrogens is 190 g/mol. The fourth-order valence-corrected chi connectivity index (χ4v) is 2.58. The zero-order valence-electron chi connectivity index (χ0n) is 8.03. The number of allylic oxidation sites excluding steroid dienone is 1. The minimum atomic E-state index is -0.259. The SMILES string of the molecule is CC1(C#N)CC=C(c2ccccc2)S1. The van der Waals surface area contributed by atoms with Crippen molar-refractivity contribution in [2.24, 2.45) is 0 Å². The Balaban J connectivity index is 2.22. The Labute approximate surface area is 88.4 Å². The molecule has 1 aliphatic rings. The summed E-state index contributed by atoms with van der Waals surface area (Å²) in [6.07, 6.45) is 3.00. The number of rotatable bonds is 1. The molecule has 1 heterocycles. The van der Waals surface area contributed by atoms with E-state index in [0.717, 1.165) is 6.42 Å². The van der Waals surface area contributed by atoms with Crippen molar-refractivity contribution in [3.63, 3.8) is 0 Å². The molecule has 2 heteroatoms. The monoisotopic (exact) mass is 201 g/mol. The first kappa shape index (κ1) is 9.36. The number of hydrogen-bond acceptors (Lipinski definition) is 2. The lowest BCUT2D eigenvalue weighted by atomic mass is 10.1. The van der Waals surface area contributed by atoms with Crippen molar-refractivity contribution in [2.75, 3.05) is 0 Å². The topological polar surface area (TPSA) is 23.8 Å². The summed E-state index contributed by atoms with van der Waals surface area (Å²) in [5.41, 5.74) is 1.22. The zero-order chi connectivity index (χ0) is 10.0. The second-order valence-electron chi connectivity index (χ2n) is 3.58. The van der Waals surface area contributed by atoms with Gasteiger partial charge < -0.3 is 0 Å². The van der Waals surface area contributed by atoms with Crippen LogP contribution in [0.5, 0.6) is 0 Å². The summed E-state index contributed by atoms with van der Waals surface area (Å²) >= 11 is 1.67. The minimum Gasteiger partial charge on any atom is -0.197 e. The lowest BCUT2D eigenvalue weighted by Gasteiger charge is -2.12. The fraction of sp³-hybridized carbons (Fsp3) is 0.250. The van der Waals surface area contributed by atoms with Gasteiger partial charge in [-0.15, -0.1) is 11.8 Å². The standard InChI is InChI=1S/C12H11NS/c1-12(9-13)8-7-11(14-12)10-5-3-2-4-6-10/h2-7H,8H2,1H3. The van der Waals surface area contributed by atoms with Crippen LogP contribution >= 0.6 is 11.8 Å². The average molecular weight is 201 g/mol. The Hall–Kier alpha value is -1.20. The van der Waals surface area contributed by atoms with Gasteiger partial charge in [0.15, 0.2) is 0 Å². The summed E-state index contributed by atoms with van der Waals surface area (Å²) in [6, 6.07) is 12.6. The van der Waals surface area contributed by atoms with Gasteiger partial charge in [0.05, 0.1) is 6.07 Å². The van der Waals surface area contributed by atoms with Crippen LogP contribution < -0.4 is 0 Å². The summed E-state index contributed by atoms with van der Waals surface area (Å²) in [4.78, 5) is 1.23. The molecule has 0 radical (unpaired) electrons. The number of hydrogen-bond donors (Lipinski definition) is 0. The predicted molar refractivity (Wildman–Crippen MR) is 60.6 cm³/mol. The van der Waals surface area contributed by atoms with E-state index in [4.69, 9.17) is 5.26 Å². The third kappa shape index (κ3) is 1.69. The van der Waals surface area contributed by atoms with E-state index in [0.29, 0.717) is 0 Å². The van der Waals surface area contributed by atoms with Gasteiger partial charge in [-0.25, -0.2) is 0 Å². The predicted octanol–water partition coefficient (Wildman–Crippen LogP) is 3.45. The molecule has 1 atom stereocenters. The van der Waals surface area contributed by atoms with Crippen LogP contribution in [0.25, 0.3) is 4.91 Å². The van der Waals surface area contributed by atoms with E-state index in [1.54, 1.807) is 11.8 Å². The van der Waals surface area contributed by atoms with E-state index < -0.39 is 0 Å².